The fourth-order valence-electron chi connectivity index (χ4n) is 3.30. The van der Waals surface area contributed by atoms with Crippen LogP contribution < -0.4 is 14.8 Å². The Morgan fingerprint density at radius 2 is 2.03 bits per heavy atom. The summed E-state index contributed by atoms with van der Waals surface area (Å²) in [5, 5.41) is 13.8. The van der Waals surface area contributed by atoms with Gasteiger partial charge < -0.3 is 14.8 Å². The maximum Gasteiger partial charge on any atom is 0.269 e. The van der Waals surface area contributed by atoms with E-state index in [1.165, 1.54) is 23.9 Å². The largest absolute Gasteiger partial charge is 0.497 e. The van der Waals surface area contributed by atoms with Crippen molar-refractivity contribution in [2.75, 3.05) is 12.9 Å². The minimum atomic E-state index is -0.423. The summed E-state index contributed by atoms with van der Waals surface area (Å²) in [6, 6.07) is 11.9. The summed E-state index contributed by atoms with van der Waals surface area (Å²) in [6.45, 7) is 4.00. The maximum atomic E-state index is 12.5. The number of fused-ring (bicyclic) bond motifs is 1. The molecule has 1 aliphatic rings. The maximum absolute atomic E-state index is 12.5. The molecule has 0 saturated heterocycles. The number of amides is 1. The summed E-state index contributed by atoms with van der Waals surface area (Å²) in [4.78, 5) is 22.8. The van der Waals surface area contributed by atoms with Gasteiger partial charge in [-0.15, -0.1) is 11.8 Å². The highest BCUT2D eigenvalue weighted by Gasteiger charge is 2.34. The number of thioether (sulfide) groups is 1. The average Bonchev–Trinajstić information content (AvgIpc) is 2.67. The Kier molecular flexibility index (Phi) is 6.32. The zero-order chi connectivity index (χ0) is 21.0. The van der Waals surface area contributed by atoms with Gasteiger partial charge in [-0.1, -0.05) is 12.1 Å². The minimum Gasteiger partial charge on any atom is -0.497 e. The normalized spacial score (nSPS) is 17.0. The van der Waals surface area contributed by atoms with Crippen LogP contribution in [0.15, 0.2) is 42.5 Å². The van der Waals surface area contributed by atoms with Gasteiger partial charge in [0.25, 0.3) is 5.69 Å². The molecular formula is C21H24N2O5S. The van der Waals surface area contributed by atoms with Gasteiger partial charge in [-0.25, -0.2) is 0 Å². The number of nitro benzene ring substituents is 1. The van der Waals surface area contributed by atoms with Crippen LogP contribution in [0.1, 0.15) is 37.4 Å². The Morgan fingerprint density at radius 1 is 1.31 bits per heavy atom. The number of nitro groups is 1. The smallest absolute Gasteiger partial charge is 0.269 e. The van der Waals surface area contributed by atoms with Crippen molar-refractivity contribution in [1.29, 1.82) is 0 Å². The van der Waals surface area contributed by atoms with Crippen LogP contribution in [0.3, 0.4) is 0 Å². The number of non-ortho nitro benzene ring substituents is 1. The first-order valence-corrected chi connectivity index (χ1v) is 10.4. The number of rotatable bonds is 7. The molecule has 0 aliphatic carbocycles. The summed E-state index contributed by atoms with van der Waals surface area (Å²) in [6.07, 6.45) is 0.672. The molecule has 29 heavy (non-hydrogen) atoms. The molecule has 0 unspecified atom stereocenters. The molecule has 154 valence electrons. The molecule has 0 fully saturated rings. The van der Waals surface area contributed by atoms with Crippen molar-refractivity contribution in [3.63, 3.8) is 0 Å². The molecule has 0 radical (unpaired) electrons. The molecule has 1 aliphatic heterocycles. The molecule has 1 N–H and O–H groups in total. The van der Waals surface area contributed by atoms with Crippen molar-refractivity contribution in [1.82, 2.24) is 5.32 Å². The molecule has 0 aromatic heterocycles. The minimum absolute atomic E-state index is 0.0543. The van der Waals surface area contributed by atoms with Gasteiger partial charge in [0.15, 0.2) is 0 Å². The van der Waals surface area contributed by atoms with Gasteiger partial charge in [0, 0.05) is 35.9 Å². The fraction of sp³-hybridized carbons (Fsp3) is 0.381. The highest BCUT2D eigenvalue weighted by molar-refractivity contribution is 7.99. The third kappa shape index (κ3) is 5.41. The molecular weight excluding hydrogens is 392 g/mol. The number of methoxy groups -OCH3 is 1. The lowest BCUT2D eigenvalue weighted by molar-refractivity contribution is -0.384. The van der Waals surface area contributed by atoms with E-state index in [-0.39, 0.29) is 17.6 Å². The summed E-state index contributed by atoms with van der Waals surface area (Å²) in [7, 11) is 1.61. The van der Waals surface area contributed by atoms with Crippen LogP contribution in [-0.2, 0) is 10.5 Å². The monoisotopic (exact) mass is 416 g/mol. The Bertz CT molecular complexity index is 898. The first-order valence-electron chi connectivity index (χ1n) is 9.25. The van der Waals surface area contributed by atoms with E-state index in [2.05, 4.69) is 5.32 Å². The number of ether oxygens (including phenoxy) is 2. The molecule has 0 saturated carbocycles. The zero-order valence-corrected chi connectivity index (χ0v) is 17.5. The Morgan fingerprint density at radius 3 is 2.69 bits per heavy atom. The Balaban J connectivity index is 1.58. The molecule has 2 aromatic rings. The molecule has 0 spiro atoms. The highest BCUT2D eigenvalue weighted by Crippen LogP contribution is 2.41. The first-order chi connectivity index (χ1) is 13.8. The number of carbonyl (C=O) groups is 1. The van der Waals surface area contributed by atoms with Gasteiger partial charge in [0.1, 0.15) is 17.1 Å². The van der Waals surface area contributed by atoms with Gasteiger partial charge >= 0.3 is 0 Å². The molecule has 1 amide bonds. The fourth-order valence-corrected chi connectivity index (χ4v) is 4.10. The van der Waals surface area contributed by atoms with E-state index in [1.807, 2.05) is 32.0 Å². The zero-order valence-electron chi connectivity index (χ0n) is 16.6. The summed E-state index contributed by atoms with van der Waals surface area (Å²) < 4.78 is 11.3. The van der Waals surface area contributed by atoms with Crippen LogP contribution in [0, 0.1) is 10.1 Å². The second-order valence-electron chi connectivity index (χ2n) is 7.51. The van der Waals surface area contributed by atoms with Crippen LogP contribution in [0.2, 0.25) is 0 Å². The molecule has 8 heteroatoms. The SMILES string of the molecule is COc1ccc2c(c1)OC(C)(C)C[C@@H]2NC(=O)CSCc1ccc([N+](=O)[O-])cc1. The first kappa shape index (κ1) is 21.0. The number of hydrogen-bond acceptors (Lipinski definition) is 6. The second kappa shape index (κ2) is 8.73. The van der Waals surface area contributed by atoms with Crippen molar-refractivity contribution in [2.24, 2.45) is 0 Å². The van der Waals surface area contributed by atoms with E-state index in [4.69, 9.17) is 9.47 Å². The number of nitrogens with one attached hydrogen (secondary N) is 1. The van der Waals surface area contributed by atoms with Crippen LogP contribution in [-0.4, -0.2) is 29.3 Å². The Labute approximate surface area is 173 Å². The van der Waals surface area contributed by atoms with Crippen molar-refractivity contribution in [3.05, 3.63) is 63.7 Å². The molecule has 1 atom stereocenters. The Hall–Kier alpha value is -2.74. The van der Waals surface area contributed by atoms with Crippen molar-refractivity contribution in [3.8, 4) is 11.5 Å². The summed E-state index contributed by atoms with van der Waals surface area (Å²) in [5.41, 5.74) is 1.55. The third-order valence-corrected chi connectivity index (χ3v) is 5.67. The van der Waals surface area contributed by atoms with Crippen molar-refractivity contribution >= 4 is 23.4 Å². The molecule has 3 rings (SSSR count). The quantitative estimate of drug-likeness (QED) is 0.536. The highest BCUT2D eigenvalue weighted by atomic mass is 32.2. The van der Waals surface area contributed by atoms with Crippen molar-refractivity contribution < 1.29 is 19.2 Å². The van der Waals surface area contributed by atoms with Gasteiger partial charge in [-0.05, 0) is 31.5 Å². The topological polar surface area (TPSA) is 90.7 Å². The molecule has 2 aromatic carbocycles. The third-order valence-electron chi connectivity index (χ3n) is 4.66. The summed E-state index contributed by atoms with van der Waals surface area (Å²) >= 11 is 1.47. The number of hydrogen-bond donors (Lipinski definition) is 1. The standard InChI is InChI=1S/C21H24N2O5S/c1-21(2)11-18(17-9-8-16(27-3)10-19(17)28-21)22-20(24)13-29-12-14-4-6-15(7-5-14)23(25)26/h4-10,18H,11-13H2,1-3H3,(H,22,24)/t18-/m0/s1. The lowest BCUT2D eigenvalue weighted by Crippen LogP contribution is -2.41. The predicted molar refractivity (Wildman–Crippen MR) is 112 cm³/mol. The summed E-state index contributed by atoms with van der Waals surface area (Å²) in [5.74, 6) is 2.30. The van der Waals surface area contributed by atoms with E-state index >= 15 is 0 Å². The van der Waals surface area contributed by atoms with Crippen LogP contribution in [0.25, 0.3) is 0 Å². The van der Waals surface area contributed by atoms with E-state index in [0.29, 0.717) is 23.7 Å². The van der Waals surface area contributed by atoms with Crippen LogP contribution >= 0.6 is 11.8 Å². The number of carbonyl (C=O) groups excluding carboxylic acids is 1. The molecule has 1 heterocycles. The number of nitrogens with zero attached hydrogens (tertiary/aromatic N) is 1. The lowest BCUT2D eigenvalue weighted by Gasteiger charge is -2.38. The van der Waals surface area contributed by atoms with E-state index < -0.39 is 10.5 Å². The van der Waals surface area contributed by atoms with Gasteiger partial charge in [-0.2, -0.15) is 0 Å². The predicted octanol–water partition coefficient (Wildman–Crippen LogP) is 4.26. The second-order valence-corrected chi connectivity index (χ2v) is 8.49. The molecule has 0 bridgehead atoms. The van der Waals surface area contributed by atoms with Crippen LogP contribution in [0.5, 0.6) is 11.5 Å². The van der Waals surface area contributed by atoms with Crippen molar-refractivity contribution in [2.45, 2.75) is 37.7 Å². The molecule has 7 nitrogen and oxygen atoms in total. The van der Waals surface area contributed by atoms with E-state index in [1.54, 1.807) is 19.2 Å². The van der Waals surface area contributed by atoms with E-state index in [0.717, 1.165) is 16.9 Å². The lowest BCUT2D eigenvalue weighted by atomic mass is 9.89. The van der Waals surface area contributed by atoms with Gasteiger partial charge in [-0.3, -0.25) is 14.9 Å². The van der Waals surface area contributed by atoms with Gasteiger partial charge in [0.05, 0.1) is 23.8 Å². The van der Waals surface area contributed by atoms with Gasteiger partial charge in [0.2, 0.25) is 5.91 Å². The van der Waals surface area contributed by atoms with Crippen LogP contribution in [0.4, 0.5) is 5.69 Å². The van der Waals surface area contributed by atoms with E-state index in [9.17, 15) is 14.9 Å². The average molecular weight is 416 g/mol. The number of benzene rings is 2.